The molecule has 0 atom stereocenters. The quantitative estimate of drug-likeness (QED) is 0.437. The van der Waals surface area contributed by atoms with Crippen molar-refractivity contribution in [3.05, 3.63) is 40.4 Å². The fourth-order valence-corrected chi connectivity index (χ4v) is 0.838. The Morgan fingerprint density at radius 3 is 2.20 bits per heavy atom. The van der Waals surface area contributed by atoms with Gasteiger partial charge >= 0.3 is 0 Å². The van der Waals surface area contributed by atoms with E-state index in [1.165, 1.54) is 25.0 Å². The van der Waals surface area contributed by atoms with E-state index >= 15 is 0 Å². The highest BCUT2D eigenvalue weighted by atomic mass is 16.6. The van der Waals surface area contributed by atoms with Crippen LogP contribution in [0.2, 0.25) is 0 Å². The zero-order chi connectivity index (χ0) is 11.5. The molecule has 0 saturated heterocycles. The fourth-order valence-electron chi connectivity index (χ4n) is 0.838. The Labute approximate surface area is 90.0 Å². The first-order valence-electron chi connectivity index (χ1n) is 4.90. The number of benzene rings is 1. The first-order chi connectivity index (χ1) is 7.22. The van der Waals surface area contributed by atoms with Crippen LogP contribution in [0.5, 0.6) is 0 Å². The largest absolute Gasteiger partial charge is 0.385 e. The normalized spacial score (nSPS) is 8.93. The molecule has 4 nitrogen and oxygen atoms in total. The second-order valence-electron chi connectivity index (χ2n) is 2.94. The molecule has 0 aliphatic rings. The summed E-state index contributed by atoms with van der Waals surface area (Å²) >= 11 is 0. The van der Waals surface area contributed by atoms with Crippen LogP contribution >= 0.6 is 0 Å². The van der Waals surface area contributed by atoms with E-state index in [9.17, 15) is 10.1 Å². The maximum Gasteiger partial charge on any atom is 0.269 e. The summed E-state index contributed by atoms with van der Waals surface area (Å²) in [7, 11) is 1.73. The lowest BCUT2D eigenvalue weighted by atomic mass is 10.3. The molecule has 0 heterocycles. The minimum atomic E-state index is -0.417. The van der Waals surface area contributed by atoms with Gasteiger partial charge < -0.3 is 4.74 Å². The number of para-hydroxylation sites is 1. The van der Waals surface area contributed by atoms with E-state index in [1.54, 1.807) is 25.3 Å². The van der Waals surface area contributed by atoms with Gasteiger partial charge in [0.1, 0.15) is 0 Å². The average molecular weight is 211 g/mol. The molecule has 0 aliphatic heterocycles. The second-order valence-corrected chi connectivity index (χ2v) is 2.94. The number of methoxy groups -OCH3 is 1. The van der Waals surface area contributed by atoms with Crippen molar-refractivity contribution >= 4 is 5.69 Å². The van der Waals surface area contributed by atoms with Gasteiger partial charge in [0, 0.05) is 25.8 Å². The molecule has 0 saturated carbocycles. The monoisotopic (exact) mass is 211 g/mol. The summed E-state index contributed by atoms with van der Waals surface area (Å²) in [4.78, 5) is 9.59. The SMILES string of the molecule is CCCCOC.O=[N+]([O-])c1ccccc1. The Hall–Kier alpha value is -1.42. The van der Waals surface area contributed by atoms with Gasteiger partial charge in [0.2, 0.25) is 0 Å². The summed E-state index contributed by atoms with van der Waals surface area (Å²) in [6.07, 6.45) is 2.42. The van der Waals surface area contributed by atoms with Gasteiger partial charge in [-0.25, -0.2) is 0 Å². The predicted molar refractivity (Wildman–Crippen MR) is 59.9 cm³/mol. The molecule has 0 bridgehead atoms. The van der Waals surface area contributed by atoms with Gasteiger partial charge in [-0.15, -0.1) is 0 Å². The van der Waals surface area contributed by atoms with Crippen molar-refractivity contribution < 1.29 is 9.66 Å². The van der Waals surface area contributed by atoms with Gasteiger partial charge in [-0.1, -0.05) is 31.5 Å². The van der Waals surface area contributed by atoms with Crippen LogP contribution in [0.1, 0.15) is 19.8 Å². The van der Waals surface area contributed by atoms with Crippen LogP contribution in [-0.4, -0.2) is 18.6 Å². The van der Waals surface area contributed by atoms with E-state index in [0.29, 0.717) is 0 Å². The molecule has 0 amide bonds. The first-order valence-corrected chi connectivity index (χ1v) is 4.90. The molecular weight excluding hydrogens is 194 g/mol. The molecule has 1 aromatic rings. The number of nitro groups is 1. The van der Waals surface area contributed by atoms with Crippen molar-refractivity contribution in [3.63, 3.8) is 0 Å². The zero-order valence-corrected chi connectivity index (χ0v) is 9.18. The molecule has 15 heavy (non-hydrogen) atoms. The number of nitrogens with zero attached hydrogens (tertiary/aromatic N) is 1. The Balaban J connectivity index is 0.000000288. The standard InChI is InChI=1S/C6H5NO2.C5H12O/c8-7(9)6-4-2-1-3-5-6;1-3-4-5-6-2/h1-5H;3-5H2,1-2H3. The third kappa shape index (κ3) is 7.64. The van der Waals surface area contributed by atoms with Gasteiger partial charge in [0.05, 0.1) is 4.92 Å². The fraction of sp³-hybridized carbons (Fsp3) is 0.455. The Morgan fingerprint density at radius 2 is 1.93 bits per heavy atom. The Bertz CT molecular complexity index is 258. The molecular formula is C11H17NO3. The number of rotatable bonds is 4. The Kier molecular flexibility index (Phi) is 8.28. The van der Waals surface area contributed by atoms with Crippen LogP contribution in [0.4, 0.5) is 5.69 Å². The highest BCUT2D eigenvalue weighted by Crippen LogP contribution is 2.06. The smallest absolute Gasteiger partial charge is 0.269 e. The summed E-state index contributed by atoms with van der Waals surface area (Å²) in [6.45, 7) is 3.07. The number of hydrogen-bond donors (Lipinski definition) is 0. The maximum absolute atomic E-state index is 10.0. The molecule has 0 aromatic heterocycles. The van der Waals surface area contributed by atoms with Gasteiger partial charge in [-0.3, -0.25) is 10.1 Å². The molecule has 0 unspecified atom stereocenters. The minimum absolute atomic E-state index is 0.137. The van der Waals surface area contributed by atoms with Crippen LogP contribution < -0.4 is 0 Å². The topological polar surface area (TPSA) is 52.4 Å². The van der Waals surface area contributed by atoms with Crippen LogP contribution in [0.25, 0.3) is 0 Å². The molecule has 0 fully saturated rings. The highest BCUT2D eigenvalue weighted by molar-refractivity contribution is 5.27. The highest BCUT2D eigenvalue weighted by Gasteiger charge is 1.98. The molecule has 1 aromatic carbocycles. The van der Waals surface area contributed by atoms with Gasteiger partial charge in [-0.05, 0) is 6.42 Å². The minimum Gasteiger partial charge on any atom is -0.385 e. The van der Waals surface area contributed by atoms with E-state index < -0.39 is 4.92 Å². The zero-order valence-electron chi connectivity index (χ0n) is 9.18. The summed E-state index contributed by atoms with van der Waals surface area (Å²) < 4.78 is 4.78. The molecule has 0 radical (unpaired) electrons. The lowest BCUT2D eigenvalue weighted by molar-refractivity contribution is -0.384. The predicted octanol–water partition coefficient (Wildman–Crippen LogP) is 3.03. The summed E-state index contributed by atoms with van der Waals surface area (Å²) in [5, 5.41) is 10.0. The molecule has 0 aliphatic carbocycles. The van der Waals surface area contributed by atoms with Crippen molar-refractivity contribution in [1.82, 2.24) is 0 Å². The lowest BCUT2D eigenvalue weighted by Crippen LogP contribution is -1.84. The summed E-state index contributed by atoms with van der Waals surface area (Å²) in [6, 6.07) is 7.93. The van der Waals surface area contributed by atoms with Crippen LogP contribution in [-0.2, 0) is 4.74 Å². The van der Waals surface area contributed by atoms with Crippen molar-refractivity contribution in [2.75, 3.05) is 13.7 Å². The molecule has 84 valence electrons. The summed E-state index contributed by atoms with van der Waals surface area (Å²) in [5.41, 5.74) is 0.137. The summed E-state index contributed by atoms with van der Waals surface area (Å²) in [5.74, 6) is 0. The number of unbranched alkanes of at least 4 members (excludes halogenated alkanes) is 1. The third-order valence-electron chi connectivity index (χ3n) is 1.67. The van der Waals surface area contributed by atoms with Crippen LogP contribution in [0.3, 0.4) is 0 Å². The number of hydrogen-bond acceptors (Lipinski definition) is 3. The van der Waals surface area contributed by atoms with Crippen molar-refractivity contribution in [3.8, 4) is 0 Å². The van der Waals surface area contributed by atoms with Crippen molar-refractivity contribution in [2.45, 2.75) is 19.8 Å². The third-order valence-corrected chi connectivity index (χ3v) is 1.67. The van der Waals surface area contributed by atoms with Crippen molar-refractivity contribution in [1.29, 1.82) is 0 Å². The molecule has 0 N–H and O–H groups in total. The molecule has 0 spiro atoms. The average Bonchev–Trinajstić information content (AvgIpc) is 2.28. The number of nitro benzene ring substituents is 1. The van der Waals surface area contributed by atoms with E-state index in [-0.39, 0.29) is 5.69 Å². The van der Waals surface area contributed by atoms with E-state index in [0.717, 1.165) is 6.61 Å². The van der Waals surface area contributed by atoms with Gasteiger partial charge in [-0.2, -0.15) is 0 Å². The lowest BCUT2D eigenvalue weighted by Gasteiger charge is -1.89. The van der Waals surface area contributed by atoms with E-state index in [4.69, 9.17) is 4.74 Å². The van der Waals surface area contributed by atoms with Crippen LogP contribution in [0, 0.1) is 10.1 Å². The van der Waals surface area contributed by atoms with E-state index in [1.807, 2.05) is 0 Å². The van der Waals surface area contributed by atoms with E-state index in [2.05, 4.69) is 6.92 Å². The van der Waals surface area contributed by atoms with Gasteiger partial charge in [0.15, 0.2) is 0 Å². The number of ether oxygens (including phenoxy) is 1. The van der Waals surface area contributed by atoms with Gasteiger partial charge in [0.25, 0.3) is 5.69 Å². The first kappa shape index (κ1) is 13.6. The van der Waals surface area contributed by atoms with Crippen LogP contribution in [0.15, 0.2) is 30.3 Å². The molecule has 4 heteroatoms. The maximum atomic E-state index is 10.0. The second kappa shape index (κ2) is 9.15. The Morgan fingerprint density at radius 1 is 1.33 bits per heavy atom. The number of non-ortho nitro benzene ring substituents is 1. The van der Waals surface area contributed by atoms with Crippen molar-refractivity contribution in [2.24, 2.45) is 0 Å². The molecule has 1 rings (SSSR count).